The molecule has 1 fully saturated rings. The molecule has 0 saturated carbocycles. The maximum Gasteiger partial charge on any atom is 0.252 e. The van der Waals surface area contributed by atoms with Crippen LogP contribution in [0.3, 0.4) is 0 Å². The molecule has 5 nitrogen and oxygen atoms in total. The van der Waals surface area contributed by atoms with E-state index < -0.39 is 0 Å². The second-order valence-corrected chi connectivity index (χ2v) is 7.14. The molecule has 146 valence electrons. The third kappa shape index (κ3) is 6.09. The molecule has 2 heterocycles. The van der Waals surface area contributed by atoms with Gasteiger partial charge in [0.25, 0.3) is 11.5 Å². The van der Waals surface area contributed by atoms with E-state index in [-0.39, 0.29) is 23.9 Å². The first-order valence-electron chi connectivity index (χ1n) is 9.06. The lowest BCUT2D eigenvalue weighted by molar-refractivity contribution is 0.0950. The number of amides is 1. The van der Waals surface area contributed by atoms with Crippen molar-refractivity contribution in [2.24, 2.45) is 5.92 Å². The van der Waals surface area contributed by atoms with Crippen molar-refractivity contribution in [3.05, 3.63) is 69.1 Å². The van der Waals surface area contributed by atoms with Crippen molar-refractivity contribution < 1.29 is 4.79 Å². The number of nitrogens with zero attached hydrogens (tertiary/aromatic N) is 1. The van der Waals surface area contributed by atoms with Crippen molar-refractivity contribution in [2.45, 2.75) is 25.8 Å². The molecule has 3 rings (SSSR count). The topological polar surface area (TPSA) is 63.1 Å². The van der Waals surface area contributed by atoms with Crippen molar-refractivity contribution in [1.29, 1.82) is 0 Å². The Morgan fingerprint density at radius 1 is 1.26 bits per heavy atom. The van der Waals surface area contributed by atoms with Crippen LogP contribution >= 0.6 is 24.0 Å². The molecular weight excluding hydrogens is 385 g/mol. The van der Waals surface area contributed by atoms with Crippen LogP contribution < -0.4 is 16.2 Å². The summed E-state index contributed by atoms with van der Waals surface area (Å²) in [5.41, 5.74) is 1.17. The molecule has 0 aliphatic carbocycles. The molecule has 2 aromatic rings. The zero-order valence-electron chi connectivity index (χ0n) is 15.1. The summed E-state index contributed by atoms with van der Waals surface area (Å²) in [6.07, 6.45) is 4.98. The van der Waals surface area contributed by atoms with E-state index in [0.29, 0.717) is 29.6 Å². The van der Waals surface area contributed by atoms with E-state index in [4.69, 9.17) is 11.6 Å². The SMILES string of the molecule is Cl.O=C(NCCC1CCCNC1)c1ccc(=O)n(Cc2ccccc2Cl)c1. The van der Waals surface area contributed by atoms with Crippen molar-refractivity contribution >= 4 is 29.9 Å². The van der Waals surface area contributed by atoms with Gasteiger partial charge < -0.3 is 15.2 Å². The molecule has 1 aliphatic heterocycles. The van der Waals surface area contributed by atoms with Crippen molar-refractivity contribution in [2.75, 3.05) is 19.6 Å². The zero-order valence-corrected chi connectivity index (χ0v) is 16.7. The first-order chi connectivity index (χ1) is 12.6. The molecule has 1 amide bonds. The molecule has 1 aromatic carbocycles. The molecule has 1 aromatic heterocycles. The lowest BCUT2D eigenvalue weighted by atomic mass is 9.96. The largest absolute Gasteiger partial charge is 0.352 e. The fourth-order valence-electron chi connectivity index (χ4n) is 3.26. The predicted octanol–water partition coefficient (Wildman–Crippen LogP) is 3.09. The van der Waals surface area contributed by atoms with Gasteiger partial charge in [0.2, 0.25) is 0 Å². The van der Waals surface area contributed by atoms with Crippen molar-refractivity contribution in [3.8, 4) is 0 Å². The number of rotatable bonds is 6. The predicted molar refractivity (Wildman–Crippen MR) is 111 cm³/mol. The molecule has 1 unspecified atom stereocenters. The van der Waals surface area contributed by atoms with Gasteiger partial charge in [-0.15, -0.1) is 12.4 Å². The molecule has 1 saturated heterocycles. The Morgan fingerprint density at radius 3 is 2.81 bits per heavy atom. The van der Waals surface area contributed by atoms with Crippen LogP contribution in [0.1, 0.15) is 35.2 Å². The lowest BCUT2D eigenvalue weighted by Gasteiger charge is -2.22. The quantitative estimate of drug-likeness (QED) is 0.770. The minimum Gasteiger partial charge on any atom is -0.352 e. The average molecular weight is 410 g/mol. The van der Waals surface area contributed by atoms with Crippen LogP contribution in [0, 0.1) is 5.92 Å². The van der Waals surface area contributed by atoms with E-state index in [1.54, 1.807) is 18.3 Å². The summed E-state index contributed by atoms with van der Waals surface area (Å²) in [5.74, 6) is 0.472. The lowest BCUT2D eigenvalue weighted by Crippen LogP contribution is -2.33. The third-order valence-electron chi connectivity index (χ3n) is 4.78. The highest BCUT2D eigenvalue weighted by Crippen LogP contribution is 2.16. The Hall–Kier alpha value is -1.82. The minimum atomic E-state index is -0.158. The monoisotopic (exact) mass is 409 g/mol. The minimum absolute atomic E-state index is 0. The number of pyridine rings is 1. The van der Waals surface area contributed by atoms with Crippen LogP contribution in [0.5, 0.6) is 0 Å². The van der Waals surface area contributed by atoms with Gasteiger partial charge in [-0.1, -0.05) is 29.8 Å². The number of aromatic nitrogens is 1. The van der Waals surface area contributed by atoms with E-state index in [1.807, 2.05) is 18.2 Å². The van der Waals surface area contributed by atoms with Crippen LogP contribution in [0.25, 0.3) is 0 Å². The second-order valence-electron chi connectivity index (χ2n) is 6.73. The Kier molecular flexibility index (Phi) is 8.35. The van der Waals surface area contributed by atoms with Gasteiger partial charge in [-0.3, -0.25) is 9.59 Å². The number of hydrogen-bond acceptors (Lipinski definition) is 3. The van der Waals surface area contributed by atoms with Gasteiger partial charge in [-0.05, 0) is 56.0 Å². The van der Waals surface area contributed by atoms with Crippen molar-refractivity contribution in [3.63, 3.8) is 0 Å². The van der Waals surface area contributed by atoms with Gasteiger partial charge >= 0.3 is 0 Å². The second kappa shape index (κ2) is 10.5. The van der Waals surface area contributed by atoms with Crippen LogP contribution in [0.15, 0.2) is 47.4 Å². The molecule has 27 heavy (non-hydrogen) atoms. The molecule has 1 aliphatic rings. The third-order valence-corrected chi connectivity index (χ3v) is 5.15. The number of halogens is 2. The number of carbonyl (C=O) groups excluding carboxylic acids is 1. The Morgan fingerprint density at radius 2 is 2.07 bits per heavy atom. The van der Waals surface area contributed by atoms with Crippen LogP contribution in [0.4, 0.5) is 0 Å². The van der Waals surface area contributed by atoms with Gasteiger partial charge in [-0.2, -0.15) is 0 Å². The molecular formula is C20H25Cl2N3O2. The summed E-state index contributed by atoms with van der Waals surface area (Å²) >= 11 is 6.17. The first kappa shape index (κ1) is 21.5. The maximum atomic E-state index is 12.4. The summed E-state index contributed by atoms with van der Waals surface area (Å²) in [6.45, 7) is 3.11. The standard InChI is InChI=1S/C20H24ClN3O2.ClH/c21-18-6-2-1-5-16(18)13-24-14-17(7-8-19(24)25)20(26)23-11-9-15-4-3-10-22-12-15;/h1-2,5-8,14-15,22H,3-4,9-13H2,(H,23,26);1H. The molecule has 2 N–H and O–H groups in total. The summed E-state index contributed by atoms with van der Waals surface area (Å²) in [4.78, 5) is 24.5. The van der Waals surface area contributed by atoms with Gasteiger partial charge in [0.1, 0.15) is 0 Å². The number of hydrogen-bond donors (Lipinski definition) is 2. The zero-order chi connectivity index (χ0) is 18.4. The highest BCUT2D eigenvalue weighted by molar-refractivity contribution is 6.31. The van der Waals surface area contributed by atoms with Gasteiger partial charge in [0.05, 0.1) is 12.1 Å². The van der Waals surface area contributed by atoms with Crippen LogP contribution in [-0.4, -0.2) is 30.1 Å². The van der Waals surface area contributed by atoms with Crippen molar-refractivity contribution in [1.82, 2.24) is 15.2 Å². The van der Waals surface area contributed by atoms with Gasteiger partial charge in [0.15, 0.2) is 0 Å². The number of nitrogens with one attached hydrogen (secondary N) is 2. The molecule has 7 heteroatoms. The molecule has 0 bridgehead atoms. The Labute approximate surface area is 170 Å². The summed E-state index contributed by atoms with van der Waals surface area (Å²) < 4.78 is 1.52. The van der Waals surface area contributed by atoms with E-state index in [1.165, 1.54) is 23.5 Å². The first-order valence-corrected chi connectivity index (χ1v) is 9.44. The normalized spacial score (nSPS) is 16.4. The van der Waals surface area contributed by atoms with Crippen LogP contribution in [-0.2, 0) is 6.54 Å². The average Bonchev–Trinajstić information content (AvgIpc) is 2.66. The summed E-state index contributed by atoms with van der Waals surface area (Å²) in [6, 6.07) is 10.4. The van der Waals surface area contributed by atoms with Gasteiger partial charge in [-0.25, -0.2) is 0 Å². The van der Waals surface area contributed by atoms with Gasteiger partial charge in [0, 0.05) is 23.8 Å². The number of piperidine rings is 1. The fourth-order valence-corrected chi connectivity index (χ4v) is 3.46. The molecule has 0 spiro atoms. The van der Waals surface area contributed by atoms with E-state index in [9.17, 15) is 9.59 Å². The Bertz CT molecular complexity index is 817. The smallest absolute Gasteiger partial charge is 0.252 e. The summed E-state index contributed by atoms with van der Waals surface area (Å²) in [7, 11) is 0. The van der Waals surface area contributed by atoms with E-state index >= 15 is 0 Å². The Balaban J connectivity index is 0.00000261. The van der Waals surface area contributed by atoms with E-state index in [2.05, 4.69) is 10.6 Å². The number of carbonyl (C=O) groups is 1. The highest BCUT2D eigenvalue weighted by atomic mass is 35.5. The molecule has 0 radical (unpaired) electrons. The summed E-state index contributed by atoms with van der Waals surface area (Å²) in [5, 5.41) is 6.95. The van der Waals surface area contributed by atoms with E-state index in [0.717, 1.165) is 25.1 Å². The van der Waals surface area contributed by atoms with Crippen LogP contribution in [0.2, 0.25) is 5.02 Å². The highest BCUT2D eigenvalue weighted by Gasteiger charge is 2.14. The fraction of sp³-hybridized carbons (Fsp3) is 0.400. The maximum absolute atomic E-state index is 12.4. The number of benzene rings is 1. The molecule has 1 atom stereocenters.